The number of nitrogens with one attached hydrogen (secondary N) is 1. The first-order valence-electron chi connectivity index (χ1n) is 5.33. The van der Waals surface area contributed by atoms with Gasteiger partial charge in [-0.15, -0.1) is 11.8 Å². The first-order valence-corrected chi connectivity index (χ1v) is 7.35. The number of nitrogens with zero attached hydrogens (tertiary/aromatic N) is 1. The van der Waals surface area contributed by atoms with Crippen molar-refractivity contribution in [1.29, 1.82) is 5.26 Å². The Kier molecular flexibility index (Phi) is 4.29. The van der Waals surface area contributed by atoms with Gasteiger partial charge in [-0.1, -0.05) is 15.9 Å². The number of hydrogen-bond donors (Lipinski definition) is 1. The molecule has 0 unspecified atom stereocenters. The molecule has 0 amide bonds. The summed E-state index contributed by atoms with van der Waals surface area (Å²) in [7, 11) is 0. The van der Waals surface area contributed by atoms with Crippen molar-refractivity contribution in [2.75, 3.05) is 11.6 Å². The predicted octanol–water partition coefficient (Wildman–Crippen LogP) is 4.79. The van der Waals surface area contributed by atoms with Gasteiger partial charge in [0.15, 0.2) is 0 Å². The van der Waals surface area contributed by atoms with Crippen LogP contribution in [-0.4, -0.2) is 6.26 Å². The van der Waals surface area contributed by atoms with Crippen molar-refractivity contribution in [3.05, 3.63) is 52.5 Å². The predicted molar refractivity (Wildman–Crippen MR) is 80.4 cm³/mol. The third-order valence-corrected chi connectivity index (χ3v) is 3.71. The van der Waals surface area contributed by atoms with Crippen molar-refractivity contribution in [3.8, 4) is 6.07 Å². The number of hydrogen-bond acceptors (Lipinski definition) is 3. The maximum absolute atomic E-state index is 9.09. The van der Waals surface area contributed by atoms with Gasteiger partial charge in [0.1, 0.15) is 6.07 Å². The molecule has 0 aliphatic carbocycles. The monoisotopic (exact) mass is 318 g/mol. The summed E-state index contributed by atoms with van der Waals surface area (Å²) in [4.78, 5) is 1.22. The van der Waals surface area contributed by atoms with E-state index in [1.807, 2.05) is 30.5 Å². The number of halogens is 1. The summed E-state index contributed by atoms with van der Waals surface area (Å²) in [6, 6.07) is 15.9. The van der Waals surface area contributed by atoms with E-state index in [-0.39, 0.29) is 0 Å². The molecule has 0 fully saturated rings. The smallest absolute Gasteiger partial charge is 0.101 e. The van der Waals surface area contributed by atoms with Gasteiger partial charge < -0.3 is 5.32 Å². The van der Waals surface area contributed by atoms with Crippen molar-refractivity contribution in [2.24, 2.45) is 0 Å². The van der Waals surface area contributed by atoms with Gasteiger partial charge in [-0.3, -0.25) is 0 Å². The summed E-state index contributed by atoms with van der Waals surface area (Å²) in [5, 5.41) is 12.3. The van der Waals surface area contributed by atoms with Crippen LogP contribution in [0.25, 0.3) is 0 Å². The van der Waals surface area contributed by atoms with Crippen LogP contribution in [0.4, 0.5) is 11.4 Å². The SMILES string of the molecule is CSc1ccc(Nc2ccc(Br)cc2C#N)cc1. The lowest BCUT2D eigenvalue weighted by molar-refractivity contribution is 1.42. The molecule has 0 bridgehead atoms. The second-order valence-electron chi connectivity index (χ2n) is 3.66. The van der Waals surface area contributed by atoms with Gasteiger partial charge in [-0.2, -0.15) is 5.26 Å². The van der Waals surface area contributed by atoms with E-state index < -0.39 is 0 Å². The summed E-state index contributed by atoms with van der Waals surface area (Å²) in [5.41, 5.74) is 2.42. The van der Waals surface area contributed by atoms with Gasteiger partial charge in [0, 0.05) is 15.1 Å². The van der Waals surface area contributed by atoms with Gasteiger partial charge in [-0.25, -0.2) is 0 Å². The summed E-state index contributed by atoms with van der Waals surface area (Å²) >= 11 is 5.07. The van der Waals surface area contributed by atoms with E-state index in [1.54, 1.807) is 17.8 Å². The normalized spacial score (nSPS) is 9.83. The van der Waals surface area contributed by atoms with E-state index >= 15 is 0 Å². The molecule has 0 saturated heterocycles. The van der Waals surface area contributed by atoms with Crippen LogP contribution in [0, 0.1) is 11.3 Å². The Morgan fingerprint density at radius 2 is 1.89 bits per heavy atom. The molecule has 0 saturated carbocycles. The molecule has 0 aliphatic rings. The molecular formula is C14H11BrN2S. The molecule has 18 heavy (non-hydrogen) atoms. The van der Waals surface area contributed by atoms with Crippen LogP contribution >= 0.6 is 27.7 Å². The van der Waals surface area contributed by atoms with Crippen molar-refractivity contribution in [3.63, 3.8) is 0 Å². The zero-order valence-corrected chi connectivity index (χ0v) is 12.2. The zero-order chi connectivity index (χ0) is 13.0. The molecule has 0 spiro atoms. The maximum Gasteiger partial charge on any atom is 0.101 e. The van der Waals surface area contributed by atoms with Gasteiger partial charge in [0.2, 0.25) is 0 Å². The molecule has 4 heteroatoms. The van der Waals surface area contributed by atoms with Gasteiger partial charge in [0.25, 0.3) is 0 Å². The summed E-state index contributed by atoms with van der Waals surface area (Å²) in [6.07, 6.45) is 2.05. The van der Waals surface area contributed by atoms with Gasteiger partial charge in [0.05, 0.1) is 11.3 Å². The Morgan fingerprint density at radius 1 is 1.17 bits per heavy atom. The van der Waals surface area contributed by atoms with Crippen LogP contribution in [0.1, 0.15) is 5.56 Å². The largest absolute Gasteiger partial charge is 0.354 e. The Balaban J connectivity index is 2.25. The Labute approximate surface area is 119 Å². The molecule has 0 radical (unpaired) electrons. The van der Waals surface area contributed by atoms with E-state index in [0.29, 0.717) is 5.56 Å². The third kappa shape index (κ3) is 3.06. The number of anilines is 2. The highest BCUT2D eigenvalue weighted by Crippen LogP contribution is 2.25. The fraction of sp³-hybridized carbons (Fsp3) is 0.0714. The van der Waals surface area contributed by atoms with Crippen LogP contribution in [0.2, 0.25) is 0 Å². The Morgan fingerprint density at radius 3 is 2.50 bits per heavy atom. The number of thioether (sulfide) groups is 1. The lowest BCUT2D eigenvalue weighted by atomic mass is 10.2. The number of rotatable bonds is 3. The molecule has 0 atom stereocenters. The first-order chi connectivity index (χ1) is 8.72. The standard InChI is InChI=1S/C14H11BrN2S/c1-18-13-5-3-12(4-6-13)17-14-7-2-11(15)8-10(14)9-16/h2-8,17H,1H3. The van der Waals surface area contributed by atoms with Gasteiger partial charge in [-0.05, 0) is 48.7 Å². The Bertz CT molecular complexity index is 588. The summed E-state index contributed by atoms with van der Waals surface area (Å²) < 4.78 is 0.905. The molecule has 1 N–H and O–H groups in total. The third-order valence-electron chi connectivity index (χ3n) is 2.47. The molecule has 2 aromatic rings. The number of nitriles is 1. The second-order valence-corrected chi connectivity index (χ2v) is 5.45. The highest BCUT2D eigenvalue weighted by molar-refractivity contribution is 9.10. The van der Waals surface area contributed by atoms with Crippen molar-refractivity contribution >= 4 is 39.1 Å². The van der Waals surface area contributed by atoms with E-state index in [4.69, 9.17) is 5.26 Å². The molecular weight excluding hydrogens is 308 g/mol. The fourth-order valence-electron chi connectivity index (χ4n) is 1.55. The van der Waals surface area contributed by atoms with Crippen molar-refractivity contribution in [1.82, 2.24) is 0 Å². The van der Waals surface area contributed by atoms with Gasteiger partial charge >= 0.3 is 0 Å². The van der Waals surface area contributed by atoms with Crippen molar-refractivity contribution in [2.45, 2.75) is 4.90 Å². The van der Waals surface area contributed by atoms with Crippen LogP contribution in [0.3, 0.4) is 0 Å². The van der Waals surface area contributed by atoms with Crippen LogP contribution < -0.4 is 5.32 Å². The van der Waals surface area contributed by atoms with E-state index in [0.717, 1.165) is 15.8 Å². The zero-order valence-electron chi connectivity index (χ0n) is 9.77. The highest BCUT2D eigenvalue weighted by Gasteiger charge is 2.03. The molecule has 2 rings (SSSR count). The average Bonchev–Trinajstić information content (AvgIpc) is 2.41. The minimum absolute atomic E-state index is 0.623. The van der Waals surface area contributed by atoms with Crippen LogP contribution in [0.5, 0.6) is 0 Å². The quantitative estimate of drug-likeness (QED) is 0.827. The van der Waals surface area contributed by atoms with E-state index in [1.165, 1.54) is 4.90 Å². The lowest BCUT2D eigenvalue weighted by Gasteiger charge is -2.09. The van der Waals surface area contributed by atoms with Crippen LogP contribution in [-0.2, 0) is 0 Å². The summed E-state index contributed by atoms with van der Waals surface area (Å²) in [5.74, 6) is 0. The average molecular weight is 319 g/mol. The second kappa shape index (κ2) is 5.94. The van der Waals surface area contributed by atoms with E-state index in [2.05, 4.69) is 39.4 Å². The molecule has 0 aliphatic heterocycles. The minimum atomic E-state index is 0.623. The first kappa shape index (κ1) is 13.0. The topological polar surface area (TPSA) is 35.8 Å². The minimum Gasteiger partial charge on any atom is -0.354 e. The molecule has 90 valence electrons. The van der Waals surface area contributed by atoms with Crippen LogP contribution in [0.15, 0.2) is 51.8 Å². The molecule has 2 nitrogen and oxygen atoms in total. The van der Waals surface area contributed by atoms with Crippen molar-refractivity contribution < 1.29 is 0 Å². The number of benzene rings is 2. The highest BCUT2D eigenvalue weighted by atomic mass is 79.9. The fourth-order valence-corrected chi connectivity index (χ4v) is 2.32. The maximum atomic E-state index is 9.09. The molecule has 0 aromatic heterocycles. The summed E-state index contributed by atoms with van der Waals surface area (Å²) in [6.45, 7) is 0. The van der Waals surface area contributed by atoms with E-state index in [9.17, 15) is 0 Å². The lowest BCUT2D eigenvalue weighted by Crippen LogP contribution is -1.93. The Hall–Kier alpha value is -1.44. The molecule has 0 heterocycles. The molecule has 2 aromatic carbocycles.